The monoisotopic (exact) mass is 364 g/mol. The van der Waals surface area contributed by atoms with Crippen LogP contribution in [0.3, 0.4) is 0 Å². The second kappa shape index (κ2) is 7.15. The zero-order chi connectivity index (χ0) is 18.8. The number of alkyl halides is 2. The van der Waals surface area contributed by atoms with Crippen LogP contribution in [0, 0.1) is 10.1 Å². The van der Waals surface area contributed by atoms with Gasteiger partial charge in [-0.05, 0) is 31.0 Å². The predicted molar refractivity (Wildman–Crippen MR) is 92.1 cm³/mol. The molecule has 0 saturated heterocycles. The highest BCUT2D eigenvalue weighted by atomic mass is 19.3. The quantitative estimate of drug-likeness (QED) is 0.569. The van der Waals surface area contributed by atoms with Crippen molar-refractivity contribution in [3.05, 3.63) is 57.6 Å². The maximum atomic E-state index is 12.6. The molecule has 1 atom stereocenters. The van der Waals surface area contributed by atoms with E-state index in [9.17, 15) is 18.9 Å². The van der Waals surface area contributed by atoms with Crippen LogP contribution in [0.1, 0.15) is 18.1 Å². The molecule has 0 N–H and O–H groups in total. The molecule has 1 unspecified atom stereocenters. The van der Waals surface area contributed by atoms with E-state index in [-0.39, 0.29) is 29.8 Å². The Bertz CT molecular complexity index is 829. The third-order valence-corrected chi connectivity index (χ3v) is 4.47. The highest BCUT2D eigenvalue weighted by Crippen LogP contribution is 2.39. The highest BCUT2D eigenvalue weighted by molar-refractivity contribution is 5.62. The van der Waals surface area contributed by atoms with Crippen LogP contribution < -0.4 is 14.4 Å². The van der Waals surface area contributed by atoms with E-state index < -0.39 is 11.5 Å². The summed E-state index contributed by atoms with van der Waals surface area (Å²) in [4.78, 5) is 12.9. The molecule has 138 valence electrons. The average Bonchev–Trinajstić information content (AvgIpc) is 2.90. The topological polar surface area (TPSA) is 64.8 Å². The summed E-state index contributed by atoms with van der Waals surface area (Å²) in [5, 5.41) is 11.5. The molecule has 2 aromatic carbocycles. The normalized spacial score (nSPS) is 15.9. The third kappa shape index (κ3) is 3.40. The molecule has 1 aliphatic rings. The molecule has 0 spiro atoms. The van der Waals surface area contributed by atoms with Gasteiger partial charge in [0.05, 0.1) is 30.2 Å². The lowest BCUT2D eigenvalue weighted by Gasteiger charge is -2.25. The summed E-state index contributed by atoms with van der Waals surface area (Å²) < 4.78 is 34.6. The minimum Gasteiger partial charge on any atom is -0.493 e. The summed E-state index contributed by atoms with van der Waals surface area (Å²) in [6.45, 7) is -0.795. The number of para-hydroxylation sites is 1. The lowest BCUT2D eigenvalue weighted by Crippen LogP contribution is -2.29. The van der Waals surface area contributed by atoms with Crippen LogP contribution in [-0.2, 0) is 13.0 Å². The highest BCUT2D eigenvalue weighted by Gasteiger charge is 2.29. The van der Waals surface area contributed by atoms with Crippen molar-refractivity contribution < 1.29 is 23.2 Å². The Kier molecular flexibility index (Phi) is 4.92. The number of nitrogens with zero attached hydrogens (tertiary/aromatic N) is 2. The molecular weight excluding hydrogens is 346 g/mol. The van der Waals surface area contributed by atoms with Gasteiger partial charge in [0.25, 0.3) is 5.69 Å². The Morgan fingerprint density at radius 1 is 1.31 bits per heavy atom. The first-order valence-corrected chi connectivity index (χ1v) is 8.05. The van der Waals surface area contributed by atoms with Crippen LogP contribution >= 0.6 is 0 Å². The van der Waals surface area contributed by atoms with Crippen molar-refractivity contribution in [1.82, 2.24) is 0 Å². The van der Waals surface area contributed by atoms with Gasteiger partial charge in [-0.2, -0.15) is 8.78 Å². The molecule has 0 aromatic heterocycles. The zero-order valence-corrected chi connectivity index (χ0v) is 14.3. The van der Waals surface area contributed by atoms with E-state index in [4.69, 9.17) is 4.74 Å². The van der Waals surface area contributed by atoms with Crippen molar-refractivity contribution in [3.63, 3.8) is 0 Å². The van der Waals surface area contributed by atoms with Crippen molar-refractivity contribution in [2.24, 2.45) is 0 Å². The fourth-order valence-corrected chi connectivity index (χ4v) is 3.29. The van der Waals surface area contributed by atoms with E-state index in [0.29, 0.717) is 5.56 Å². The first-order valence-electron chi connectivity index (χ1n) is 8.05. The molecule has 2 aromatic rings. The van der Waals surface area contributed by atoms with E-state index in [2.05, 4.69) is 9.64 Å². The van der Waals surface area contributed by atoms with Crippen LogP contribution in [0.4, 0.5) is 20.2 Å². The second-order valence-corrected chi connectivity index (χ2v) is 6.08. The molecule has 0 amide bonds. The van der Waals surface area contributed by atoms with Crippen molar-refractivity contribution in [1.29, 1.82) is 0 Å². The van der Waals surface area contributed by atoms with Gasteiger partial charge in [-0.1, -0.05) is 18.2 Å². The molecule has 1 aliphatic heterocycles. The SMILES string of the molecule is COc1cc(CN2c3ccccc3CC2C)c([N+](=O)[O-])cc1OC(F)F. The number of benzene rings is 2. The van der Waals surface area contributed by atoms with E-state index >= 15 is 0 Å². The molecule has 0 fully saturated rings. The second-order valence-electron chi connectivity index (χ2n) is 6.08. The number of halogens is 2. The van der Waals surface area contributed by atoms with Gasteiger partial charge in [-0.15, -0.1) is 0 Å². The van der Waals surface area contributed by atoms with E-state index in [0.717, 1.165) is 18.2 Å². The van der Waals surface area contributed by atoms with Crippen molar-refractivity contribution in [3.8, 4) is 11.5 Å². The first kappa shape index (κ1) is 17.9. The van der Waals surface area contributed by atoms with Crippen LogP contribution in [-0.4, -0.2) is 24.7 Å². The molecule has 3 rings (SSSR count). The smallest absolute Gasteiger partial charge is 0.387 e. The number of anilines is 1. The molecule has 8 heteroatoms. The van der Waals surface area contributed by atoms with Crippen molar-refractivity contribution in [2.45, 2.75) is 32.5 Å². The number of methoxy groups -OCH3 is 1. The minimum absolute atomic E-state index is 0.0334. The molecule has 0 radical (unpaired) electrons. The number of hydrogen-bond donors (Lipinski definition) is 0. The van der Waals surface area contributed by atoms with Crippen LogP contribution in [0.15, 0.2) is 36.4 Å². The standard InChI is InChI=1S/C18H18F2N2O4/c1-11-7-12-5-3-4-6-14(12)21(11)10-13-8-16(25-2)17(26-18(19)20)9-15(13)22(23)24/h3-6,8-9,11,18H,7,10H2,1-2H3. The maximum absolute atomic E-state index is 12.6. The minimum atomic E-state index is -3.10. The lowest BCUT2D eigenvalue weighted by atomic mass is 10.1. The lowest BCUT2D eigenvalue weighted by molar-refractivity contribution is -0.385. The molecular formula is C18H18F2N2O4. The number of ether oxygens (including phenoxy) is 2. The fourth-order valence-electron chi connectivity index (χ4n) is 3.29. The largest absolute Gasteiger partial charge is 0.493 e. The van der Waals surface area contributed by atoms with E-state index in [1.165, 1.54) is 18.7 Å². The number of fused-ring (bicyclic) bond motifs is 1. The van der Waals surface area contributed by atoms with Crippen molar-refractivity contribution >= 4 is 11.4 Å². The summed E-state index contributed by atoms with van der Waals surface area (Å²) >= 11 is 0. The van der Waals surface area contributed by atoms with E-state index in [1.54, 1.807) is 0 Å². The summed E-state index contributed by atoms with van der Waals surface area (Å²) in [6.07, 6.45) is 0.841. The summed E-state index contributed by atoms with van der Waals surface area (Å²) in [6, 6.07) is 10.4. The number of rotatable bonds is 6. The van der Waals surface area contributed by atoms with Gasteiger partial charge < -0.3 is 14.4 Å². The Labute approximate surface area is 149 Å². The zero-order valence-electron chi connectivity index (χ0n) is 14.3. The Hall–Kier alpha value is -2.90. The maximum Gasteiger partial charge on any atom is 0.387 e. The van der Waals surface area contributed by atoms with Crippen LogP contribution in [0.2, 0.25) is 0 Å². The summed E-state index contributed by atoms with van der Waals surface area (Å²) in [5.41, 5.74) is 2.28. The Morgan fingerprint density at radius 2 is 2.04 bits per heavy atom. The third-order valence-electron chi connectivity index (χ3n) is 4.47. The molecule has 1 heterocycles. The summed E-state index contributed by atoms with van der Waals surface area (Å²) in [7, 11) is 1.30. The van der Waals surface area contributed by atoms with Crippen LogP contribution in [0.25, 0.3) is 0 Å². The van der Waals surface area contributed by atoms with Gasteiger partial charge in [0, 0.05) is 11.7 Å². The number of hydrogen-bond acceptors (Lipinski definition) is 5. The average molecular weight is 364 g/mol. The molecule has 0 saturated carbocycles. The van der Waals surface area contributed by atoms with Crippen molar-refractivity contribution in [2.75, 3.05) is 12.0 Å². The van der Waals surface area contributed by atoms with Gasteiger partial charge in [0.2, 0.25) is 0 Å². The van der Waals surface area contributed by atoms with Crippen LogP contribution in [0.5, 0.6) is 11.5 Å². The molecule has 0 aliphatic carbocycles. The molecule has 6 nitrogen and oxygen atoms in total. The van der Waals surface area contributed by atoms with Gasteiger partial charge in [-0.3, -0.25) is 10.1 Å². The van der Waals surface area contributed by atoms with Gasteiger partial charge >= 0.3 is 6.61 Å². The summed E-state index contributed by atoms with van der Waals surface area (Å²) in [5.74, 6) is -0.321. The van der Waals surface area contributed by atoms with E-state index in [1.807, 2.05) is 31.2 Å². The fraction of sp³-hybridized carbons (Fsp3) is 0.333. The van der Waals surface area contributed by atoms with Gasteiger partial charge in [0.15, 0.2) is 11.5 Å². The molecule has 26 heavy (non-hydrogen) atoms. The van der Waals surface area contributed by atoms with Gasteiger partial charge in [-0.25, -0.2) is 0 Å². The number of nitro benzene ring substituents is 1. The predicted octanol–water partition coefficient (Wildman–Crippen LogP) is 4.16. The Morgan fingerprint density at radius 3 is 2.69 bits per heavy atom. The molecule has 0 bridgehead atoms. The Balaban J connectivity index is 2.00. The number of nitro groups is 1. The van der Waals surface area contributed by atoms with Gasteiger partial charge in [0.1, 0.15) is 0 Å². The first-order chi connectivity index (χ1) is 12.4.